The fraction of sp³-hybridized carbons (Fsp3) is 0.188. The van der Waals surface area contributed by atoms with Crippen LogP contribution in [0.4, 0.5) is 0 Å². The zero-order valence-electron chi connectivity index (χ0n) is 11.5. The zero-order chi connectivity index (χ0) is 15.2. The first kappa shape index (κ1) is 16.1. The Morgan fingerprint density at radius 3 is 2.52 bits per heavy atom. The molecule has 1 atom stereocenters. The van der Waals surface area contributed by atoms with E-state index in [0.29, 0.717) is 5.56 Å². The van der Waals surface area contributed by atoms with E-state index >= 15 is 0 Å². The molecule has 0 radical (unpaired) electrons. The molecule has 0 fully saturated rings. The van der Waals surface area contributed by atoms with Crippen LogP contribution in [0.3, 0.4) is 0 Å². The van der Waals surface area contributed by atoms with E-state index in [1.54, 1.807) is 23.9 Å². The van der Waals surface area contributed by atoms with E-state index in [1.807, 2.05) is 42.7 Å². The highest BCUT2D eigenvalue weighted by molar-refractivity contribution is 9.10. The number of nitrogens with one attached hydrogen (secondary N) is 1. The third kappa shape index (κ3) is 4.33. The van der Waals surface area contributed by atoms with Gasteiger partial charge in [-0.05, 0) is 52.0 Å². The van der Waals surface area contributed by atoms with E-state index in [2.05, 4.69) is 21.2 Å². The maximum Gasteiger partial charge on any atom is 0.252 e. The van der Waals surface area contributed by atoms with E-state index < -0.39 is 6.10 Å². The van der Waals surface area contributed by atoms with Crippen molar-refractivity contribution in [1.29, 1.82) is 0 Å². The summed E-state index contributed by atoms with van der Waals surface area (Å²) in [5.74, 6) is -0.206. The molecule has 3 nitrogen and oxygen atoms in total. The summed E-state index contributed by atoms with van der Waals surface area (Å²) in [5, 5.41) is 12.9. The van der Waals surface area contributed by atoms with Gasteiger partial charge in [-0.15, -0.1) is 11.8 Å². The highest BCUT2D eigenvalue weighted by atomic mass is 79.9. The average Bonchev–Trinajstić information content (AvgIpc) is 2.52. The van der Waals surface area contributed by atoms with Crippen LogP contribution in [0.5, 0.6) is 0 Å². The molecule has 0 spiro atoms. The second kappa shape index (κ2) is 7.64. The van der Waals surface area contributed by atoms with Gasteiger partial charge in [0, 0.05) is 15.9 Å². The molecule has 110 valence electrons. The van der Waals surface area contributed by atoms with Crippen molar-refractivity contribution in [3.63, 3.8) is 0 Å². The van der Waals surface area contributed by atoms with Gasteiger partial charge in [-0.25, -0.2) is 0 Å². The predicted molar refractivity (Wildman–Crippen MR) is 89.7 cm³/mol. The standard InChI is InChI=1S/C16H16BrNO2S/c1-21-12-8-6-11(7-9-12)15(19)10-18-16(20)13-4-2-3-5-14(13)17/h2-9,15,19H,10H2,1H3,(H,18,20)/t15-/m1/s1. The summed E-state index contributed by atoms with van der Waals surface area (Å²) >= 11 is 4.99. The van der Waals surface area contributed by atoms with Crippen molar-refractivity contribution < 1.29 is 9.90 Å². The minimum absolute atomic E-state index is 0.179. The molecule has 0 saturated heterocycles. The summed E-state index contributed by atoms with van der Waals surface area (Å²) in [7, 11) is 0. The SMILES string of the molecule is CSc1ccc([C@H](O)CNC(=O)c2ccccc2Br)cc1. The summed E-state index contributed by atoms with van der Waals surface area (Å²) in [4.78, 5) is 13.2. The number of rotatable bonds is 5. The lowest BCUT2D eigenvalue weighted by atomic mass is 10.1. The minimum atomic E-state index is -0.715. The Bertz CT molecular complexity index is 616. The lowest BCUT2D eigenvalue weighted by molar-refractivity contribution is 0.0915. The summed E-state index contributed by atoms with van der Waals surface area (Å²) in [6.07, 6.45) is 1.29. The van der Waals surface area contributed by atoms with Crippen LogP contribution >= 0.6 is 27.7 Å². The summed E-state index contributed by atoms with van der Waals surface area (Å²) in [6, 6.07) is 14.9. The fourth-order valence-corrected chi connectivity index (χ4v) is 2.75. The molecule has 2 aromatic carbocycles. The van der Waals surface area contributed by atoms with Crippen molar-refractivity contribution in [3.8, 4) is 0 Å². The first-order valence-electron chi connectivity index (χ1n) is 6.46. The predicted octanol–water partition coefficient (Wildman–Crippen LogP) is 3.63. The van der Waals surface area contributed by atoms with Gasteiger partial charge in [0.25, 0.3) is 5.91 Å². The van der Waals surface area contributed by atoms with Gasteiger partial charge in [0.1, 0.15) is 0 Å². The van der Waals surface area contributed by atoms with E-state index in [9.17, 15) is 9.90 Å². The smallest absolute Gasteiger partial charge is 0.252 e. The Balaban J connectivity index is 1.95. The normalized spacial score (nSPS) is 12.0. The number of halogens is 1. The van der Waals surface area contributed by atoms with E-state index in [1.165, 1.54) is 0 Å². The van der Waals surface area contributed by atoms with Crippen LogP contribution in [-0.4, -0.2) is 23.8 Å². The van der Waals surface area contributed by atoms with Crippen molar-refractivity contribution in [2.75, 3.05) is 12.8 Å². The molecule has 2 aromatic rings. The first-order valence-corrected chi connectivity index (χ1v) is 8.48. The first-order chi connectivity index (χ1) is 10.1. The third-order valence-corrected chi connectivity index (χ3v) is 4.51. The van der Waals surface area contributed by atoms with E-state index in [0.717, 1.165) is 14.9 Å². The Hall–Kier alpha value is -1.30. The molecular formula is C16H16BrNO2S. The average molecular weight is 366 g/mol. The molecule has 0 aliphatic rings. The number of hydrogen-bond donors (Lipinski definition) is 2. The topological polar surface area (TPSA) is 49.3 Å². The highest BCUT2D eigenvalue weighted by Gasteiger charge is 2.12. The van der Waals surface area contributed by atoms with Gasteiger partial charge in [0.05, 0.1) is 11.7 Å². The maximum absolute atomic E-state index is 12.0. The van der Waals surface area contributed by atoms with Crippen LogP contribution in [0, 0.1) is 0 Å². The lowest BCUT2D eigenvalue weighted by Crippen LogP contribution is -2.28. The van der Waals surface area contributed by atoms with Crippen LogP contribution in [0.1, 0.15) is 22.0 Å². The number of aliphatic hydroxyl groups is 1. The van der Waals surface area contributed by atoms with E-state index in [-0.39, 0.29) is 12.5 Å². The molecule has 2 N–H and O–H groups in total. The molecule has 5 heteroatoms. The summed E-state index contributed by atoms with van der Waals surface area (Å²) in [5.41, 5.74) is 1.35. The number of carbonyl (C=O) groups is 1. The van der Waals surface area contributed by atoms with Crippen LogP contribution in [0.2, 0.25) is 0 Å². The van der Waals surface area contributed by atoms with Gasteiger partial charge in [0.2, 0.25) is 0 Å². The van der Waals surface area contributed by atoms with Gasteiger partial charge in [-0.2, -0.15) is 0 Å². The number of thioether (sulfide) groups is 1. The Labute approximate surface area is 136 Å². The van der Waals surface area contributed by atoms with Crippen molar-refractivity contribution in [2.45, 2.75) is 11.0 Å². The number of benzene rings is 2. The maximum atomic E-state index is 12.0. The molecule has 0 aliphatic carbocycles. The van der Waals surface area contributed by atoms with Crippen molar-refractivity contribution in [3.05, 3.63) is 64.1 Å². The lowest BCUT2D eigenvalue weighted by Gasteiger charge is -2.13. The van der Waals surface area contributed by atoms with Gasteiger partial charge in [-0.3, -0.25) is 4.79 Å². The Morgan fingerprint density at radius 1 is 1.24 bits per heavy atom. The Morgan fingerprint density at radius 2 is 1.90 bits per heavy atom. The zero-order valence-corrected chi connectivity index (χ0v) is 13.9. The molecule has 21 heavy (non-hydrogen) atoms. The van der Waals surface area contributed by atoms with Crippen molar-refractivity contribution in [2.24, 2.45) is 0 Å². The third-order valence-electron chi connectivity index (χ3n) is 3.08. The van der Waals surface area contributed by atoms with Crippen LogP contribution in [0.15, 0.2) is 57.9 Å². The van der Waals surface area contributed by atoms with Gasteiger partial charge in [-0.1, -0.05) is 24.3 Å². The monoisotopic (exact) mass is 365 g/mol. The van der Waals surface area contributed by atoms with Crippen LogP contribution in [0.25, 0.3) is 0 Å². The second-order valence-electron chi connectivity index (χ2n) is 4.48. The highest BCUT2D eigenvalue weighted by Crippen LogP contribution is 2.19. The van der Waals surface area contributed by atoms with Gasteiger partial charge < -0.3 is 10.4 Å². The second-order valence-corrected chi connectivity index (χ2v) is 6.21. The number of hydrogen-bond acceptors (Lipinski definition) is 3. The molecule has 0 saturated carbocycles. The summed E-state index contributed by atoms with van der Waals surface area (Å²) in [6.45, 7) is 0.179. The largest absolute Gasteiger partial charge is 0.387 e. The molecule has 1 amide bonds. The van der Waals surface area contributed by atoms with Gasteiger partial charge >= 0.3 is 0 Å². The molecule has 0 unspecified atom stereocenters. The quantitative estimate of drug-likeness (QED) is 0.795. The fourth-order valence-electron chi connectivity index (χ4n) is 1.87. The molecule has 0 heterocycles. The summed E-state index contributed by atoms with van der Waals surface area (Å²) < 4.78 is 0.737. The van der Waals surface area contributed by atoms with Crippen molar-refractivity contribution >= 4 is 33.6 Å². The molecule has 0 aliphatic heterocycles. The number of aliphatic hydroxyl groups excluding tert-OH is 1. The molecular weight excluding hydrogens is 350 g/mol. The van der Waals surface area contributed by atoms with Crippen LogP contribution < -0.4 is 5.32 Å². The van der Waals surface area contributed by atoms with Crippen molar-refractivity contribution in [1.82, 2.24) is 5.32 Å². The molecule has 0 aromatic heterocycles. The van der Waals surface area contributed by atoms with E-state index in [4.69, 9.17) is 0 Å². The van der Waals surface area contributed by atoms with Crippen LogP contribution in [-0.2, 0) is 0 Å². The van der Waals surface area contributed by atoms with Gasteiger partial charge in [0.15, 0.2) is 0 Å². The molecule has 2 rings (SSSR count). The minimum Gasteiger partial charge on any atom is -0.387 e. The molecule has 0 bridgehead atoms. The number of carbonyl (C=O) groups excluding carboxylic acids is 1. The number of amides is 1. The Kier molecular flexibility index (Phi) is 5.85.